The van der Waals surface area contributed by atoms with Crippen molar-refractivity contribution in [3.05, 3.63) is 22.4 Å². The van der Waals surface area contributed by atoms with Crippen LogP contribution in [0.3, 0.4) is 0 Å². The summed E-state index contributed by atoms with van der Waals surface area (Å²) in [6, 6.07) is 4.54. The summed E-state index contributed by atoms with van der Waals surface area (Å²) in [6.07, 6.45) is 4.62. The van der Waals surface area contributed by atoms with Crippen molar-refractivity contribution in [1.82, 2.24) is 14.8 Å². The maximum atomic E-state index is 12.2. The Hall–Kier alpha value is -1.34. The maximum absolute atomic E-state index is 12.2. The second-order valence-electron chi connectivity index (χ2n) is 9.21. The number of ether oxygens (including phenoxy) is 2. The number of halogens is 1. The van der Waals surface area contributed by atoms with Gasteiger partial charge in [-0.25, -0.2) is 9.78 Å². The predicted octanol–water partition coefficient (Wildman–Crippen LogP) is 4.64. The van der Waals surface area contributed by atoms with Gasteiger partial charge in [-0.1, -0.05) is 0 Å². The number of carbonyl (C=O) groups is 1. The second-order valence-corrected chi connectivity index (χ2v) is 10.0. The molecule has 0 unspecified atom stereocenters. The Morgan fingerprint density at radius 1 is 1.14 bits per heavy atom. The topological polar surface area (TPSA) is 54.9 Å². The van der Waals surface area contributed by atoms with Gasteiger partial charge in [0.15, 0.2) is 0 Å². The van der Waals surface area contributed by atoms with Gasteiger partial charge in [-0.3, -0.25) is 4.90 Å². The Labute approximate surface area is 183 Å². The second kappa shape index (κ2) is 9.65. The molecule has 1 saturated heterocycles. The van der Waals surface area contributed by atoms with Crippen molar-refractivity contribution >= 4 is 22.0 Å². The highest BCUT2D eigenvalue weighted by molar-refractivity contribution is 9.10. The first kappa shape index (κ1) is 22.3. The van der Waals surface area contributed by atoms with E-state index in [2.05, 4.69) is 25.8 Å². The largest absolute Gasteiger partial charge is 0.491 e. The fraction of sp³-hybridized carbons (Fsp3) is 0.727. The first-order chi connectivity index (χ1) is 13.7. The Morgan fingerprint density at radius 3 is 2.38 bits per heavy atom. The lowest BCUT2D eigenvalue weighted by Crippen LogP contribution is -2.53. The number of nitrogens with zero attached hydrogens (tertiary/aromatic N) is 3. The van der Waals surface area contributed by atoms with E-state index in [4.69, 9.17) is 9.47 Å². The van der Waals surface area contributed by atoms with Crippen LogP contribution in [-0.2, 0) is 4.74 Å². The van der Waals surface area contributed by atoms with Crippen LogP contribution < -0.4 is 4.74 Å². The van der Waals surface area contributed by atoms with E-state index in [0.29, 0.717) is 12.0 Å². The fourth-order valence-corrected chi connectivity index (χ4v) is 4.55. The van der Waals surface area contributed by atoms with Crippen LogP contribution in [-0.4, -0.2) is 65.3 Å². The Balaban J connectivity index is 1.38. The van der Waals surface area contributed by atoms with Crippen LogP contribution in [0.1, 0.15) is 52.1 Å². The van der Waals surface area contributed by atoms with Crippen LogP contribution in [0.4, 0.5) is 4.79 Å². The molecule has 0 spiro atoms. The summed E-state index contributed by atoms with van der Waals surface area (Å²) in [5.74, 6) is 1.49. The molecule has 2 fully saturated rings. The molecule has 3 rings (SSSR count). The zero-order valence-electron chi connectivity index (χ0n) is 18.1. The normalized spacial score (nSPS) is 23.7. The monoisotopic (exact) mass is 467 g/mol. The van der Waals surface area contributed by atoms with Gasteiger partial charge in [-0.2, -0.15) is 0 Å². The van der Waals surface area contributed by atoms with E-state index >= 15 is 0 Å². The van der Waals surface area contributed by atoms with Gasteiger partial charge in [-0.15, -0.1) is 0 Å². The lowest BCUT2D eigenvalue weighted by atomic mass is 9.85. The Morgan fingerprint density at radius 2 is 1.79 bits per heavy atom. The minimum Gasteiger partial charge on any atom is -0.491 e. The number of carbonyl (C=O) groups excluding carboxylic acids is 1. The Bertz CT molecular complexity index is 691. The molecule has 1 amide bonds. The molecule has 1 aliphatic heterocycles. The quantitative estimate of drug-likeness (QED) is 0.603. The molecule has 0 aromatic carbocycles. The van der Waals surface area contributed by atoms with E-state index < -0.39 is 5.60 Å². The molecular weight excluding hydrogens is 434 g/mol. The molecule has 162 valence electrons. The van der Waals surface area contributed by atoms with E-state index in [-0.39, 0.29) is 6.09 Å². The minimum absolute atomic E-state index is 0.185. The molecule has 0 N–H and O–H groups in total. The standard InChI is InChI=1S/C22H34BrN3O3/c1-16-19(9-10-20(23)24-16)28-15-17-5-7-18(8-6-17)25-11-13-26(14-12-25)21(27)29-22(2,3)4/h9-10,17-18H,5-8,11-15H2,1-4H3/t17-,18-. The van der Waals surface area contributed by atoms with Crippen molar-refractivity contribution in [2.45, 2.75) is 65.0 Å². The van der Waals surface area contributed by atoms with E-state index in [1.807, 2.05) is 44.7 Å². The number of aromatic nitrogens is 1. The summed E-state index contributed by atoms with van der Waals surface area (Å²) in [4.78, 5) is 21.0. The summed E-state index contributed by atoms with van der Waals surface area (Å²) in [6.45, 7) is 11.9. The average molecular weight is 468 g/mol. The highest BCUT2D eigenvalue weighted by Gasteiger charge is 2.31. The molecular formula is C22H34BrN3O3. The molecule has 7 heteroatoms. The maximum Gasteiger partial charge on any atom is 0.410 e. The van der Waals surface area contributed by atoms with Crippen molar-refractivity contribution in [1.29, 1.82) is 0 Å². The molecule has 1 aromatic rings. The Kier molecular flexibility index (Phi) is 7.43. The van der Waals surface area contributed by atoms with Gasteiger partial charge in [0.05, 0.1) is 12.3 Å². The van der Waals surface area contributed by atoms with E-state index in [0.717, 1.165) is 48.8 Å². The molecule has 0 radical (unpaired) electrons. The first-order valence-electron chi connectivity index (χ1n) is 10.7. The van der Waals surface area contributed by atoms with Crippen LogP contribution in [0.5, 0.6) is 5.75 Å². The van der Waals surface area contributed by atoms with Crippen LogP contribution in [0, 0.1) is 12.8 Å². The molecule has 1 saturated carbocycles. The zero-order chi connectivity index (χ0) is 21.0. The van der Waals surface area contributed by atoms with Crippen molar-refractivity contribution in [2.75, 3.05) is 32.8 Å². The van der Waals surface area contributed by atoms with Gasteiger partial charge in [-0.05, 0) is 87.4 Å². The van der Waals surface area contributed by atoms with E-state index in [9.17, 15) is 4.79 Å². The van der Waals surface area contributed by atoms with Gasteiger partial charge in [0.25, 0.3) is 0 Å². The van der Waals surface area contributed by atoms with Crippen molar-refractivity contribution in [3.63, 3.8) is 0 Å². The van der Waals surface area contributed by atoms with Gasteiger partial charge in [0.2, 0.25) is 0 Å². The molecule has 0 atom stereocenters. The third kappa shape index (κ3) is 6.57. The number of piperazine rings is 1. The van der Waals surface area contributed by atoms with Gasteiger partial charge < -0.3 is 14.4 Å². The SMILES string of the molecule is Cc1nc(Br)ccc1OC[C@H]1CC[C@H](N2CCN(C(=O)OC(C)(C)C)CC2)CC1. The third-order valence-corrected chi connectivity index (χ3v) is 6.22. The average Bonchev–Trinajstić information content (AvgIpc) is 2.66. The summed E-state index contributed by atoms with van der Waals surface area (Å²) in [5.41, 5.74) is 0.496. The molecule has 6 nitrogen and oxygen atoms in total. The summed E-state index contributed by atoms with van der Waals surface area (Å²) in [7, 11) is 0. The number of hydrogen-bond acceptors (Lipinski definition) is 5. The highest BCUT2D eigenvalue weighted by Crippen LogP contribution is 2.29. The lowest BCUT2D eigenvalue weighted by molar-refractivity contribution is 0.00653. The van der Waals surface area contributed by atoms with E-state index in [1.165, 1.54) is 25.7 Å². The molecule has 1 aliphatic carbocycles. The lowest BCUT2D eigenvalue weighted by Gasteiger charge is -2.42. The third-order valence-electron chi connectivity index (χ3n) is 5.78. The predicted molar refractivity (Wildman–Crippen MR) is 117 cm³/mol. The zero-order valence-corrected chi connectivity index (χ0v) is 19.7. The minimum atomic E-state index is -0.431. The summed E-state index contributed by atoms with van der Waals surface area (Å²) in [5, 5.41) is 0. The van der Waals surface area contributed by atoms with E-state index in [1.54, 1.807) is 0 Å². The molecule has 2 aliphatic rings. The van der Waals surface area contributed by atoms with Crippen LogP contribution in [0.25, 0.3) is 0 Å². The number of hydrogen-bond donors (Lipinski definition) is 0. The molecule has 0 bridgehead atoms. The molecule has 1 aromatic heterocycles. The summed E-state index contributed by atoms with van der Waals surface area (Å²) >= 11 is 3.39. The van der Waals surface area contributed by atoms with Crippen molar-refractivity contribution < 1.29 is 14.3 Å². The number of pyridine rings is 1. The number of rotatable bonds is 4. The van der Waals surface area contributed by atoms with Crippen molar-refractivity contribution in [3.8, 4) is 5.75 Å². The van der Waals surface area contributed by atoms with Gasteiger partial charge in [0.1, 0.15) is 16.0 Å². The van der Waals surface area contributed by atoms with Crippen LogP contribution in [0.15, 0.2) is 16.7 Å². The van der Waals surface area contributed by atoms with Gasteiger partial charge in [0, 0.05) is 32.2 Å². The van der Waals surface area contributed by atoms with Crippen LogP contribution in [0.2, 0.25) is 0 Å². The number of aryl methyl sites for hydroxylation is 1. The smallest absolute Gasteiger partial charge is 0.410 e. The molecule has 29 heavy (non-hydrogen) atoms. The summed E-state index contributed by atoms with van der Waals surface area (Å²) < 4.78 is 12.4. The fourth-order valence-electron chi connectivity index (χ4n) is 4.15. The van der Waals surface area contributed by atoms with Gasteiger partial charge >= 0.3 is 6.09 Å². The first-order valence-corrected chi connectivity index (χ1v) is 11.5. The highest BCUT2D eigenvalue weighted by atomic mass is 79.9. The van der Waals surface area contributed by atoms with Crippen molar-refractivity contribution in [2.24, 2.45) is 5.92 Å². The number of amides is 1. The van der Waals surface area contributed by atoms with Crippen LogP contribution >= 0.6 is 15.9 Å². The molecule has 2 heterocycles.